The molecule has 0 atom stereocenters. The fraction of sp³-hybridized carbons (Fsp3) is 0.0556. The predicted octanol–water partition coefficient (Wildman–Crippen LogP) is 2.65. The first-order chi connectivity index (χ1) is 10.3. The van der Waals surface area contributed by atoms with Crippen LogP contribution in [0.2, 0.25) is 0 Å². The number of nitrogens with zero attached hydrogens (tertiary/aromatic N) is 2. The summed E-state index contributed by atoms with van der Waals surface area (Å²) in [6, 6.07) is 19.3. The van der Waals surface area contributed by atoms with Gasteiger partial charge in [0.25, 0.3) is 0 Å². The molecule has 0 aliphatic carbocycles. The van der Waals surface area contributed by atoms with Crippen molar-refractivity contribution in [2.45, 2.75) is 6.54 Å². The monoisotopic (exact) mass is 275 g/mol. The highest BCUT2D eigenvalue weighted by Crippen LogP contribution is 2.05. The number of hydrogen-bond donors (Lipinski definition) is 0. The number of rotatable bonds is 4. The first-order valence-electron chi connectivity index (χ1n) is 6.82. The van der Waals surface area contributed by atoms with E-state index >= 15 is 0 Å². The maximum absolute atomic E-state index is 12.4. The van der Waals surface area contributed by atoms with Gasteiger partial charge in [-0.25, -0.2) is 4.98 Å². The Balaban J connectivity index is 1.85. The van der Waals surface area contributed by atoms with Gasteiger partial charge in [0.2, 0.25) is 5.78 Å². The summed E-state index contributed by atoms with van der Waals surface area (Å²) in [6.07, 6.45) is 5.33. The molecule has 0 N–H and O–H groups in total. The van der Waals surface area contributed by atoms with Gasteiger partial charge in [0.1, 0.15) is 0 Å². The SMILES string of the molecule is O=C(c1ccccc1)c1c[n+](Cc2ccccc2)ccn1. The highest BCUT2D eigenvalue weighted by molar-refractivity contribution is 6.07. The summed E-state index contributed by atoms with van der Waals surface area (Å²) in [5, 5.41) is 0. The molecule has 1 heterocycles. The van der Waals surface area contributed by atoms with Crippen LogP contribution in [0.3, 0.4) is 0 Å². The van der Waals surface area contributed by atoms with E-state index in [2.05, 4.69) is 17.1 Å². The number of ketones is 1. The van der Waals surface area contributed by atoms with Gasteiger partial charge < -0.3 is 0 Å². The lowest BCUT2D eigenvalue weighted by molar-refractivity contribution is -0.689. The maximum atomic E-state index is 12.4. The second-order valence-corrected chi connectivity index (χ2v) is 4.79. The van der Waals surface area contributed by atoms with Crippen LogP contribution in [0.25, 0.3) is 0 Å². The Morgan fingerprint density at radius 1 is 0.952 bits per heavy atom. The molecular weight excluding hydrogens is 260 g/mol. The van der Waals surface area contributed by atoms with Crippen molar-refractivity contribution in [1.29, 1.82) is 0 Å². The molecule has 0 saturated carbocycles. The molecule has 0 radical (unpaired) electrons. The van der Waals surface area contributed by atoms with Gasteiger partial charge in [0.05, 0.1) is 6.20 Å². The van der Waals surface area contributed by atoms with Crippen LogP contribution in [0, 0.1) is 0 Å². The van der Waals surface area contributed by atoms with Gasteiger partial charge in [-0.3, -0.25) is 4.79 Å². The van der Waals surface area contributed by atoms with Gasteiger partial charge in [-0.15, -0.1) is 0 Å². The highest BCUT2D eigenvalue weighted by Gasteiger charge is 2.14. The summed E-state index contributed by atoms with van der Waals surface area (Å²) in [4.78, 5) is 16.6. The van der Waals surface area contributed by atoms with Crippen LogP contribution in [0.4, 0.5) is 0 Å². The van der Waals surface area contributed by atoms with E-state index in [-0.39, 0.29) is 5.78 Å². The molecule has 0 unspecified atom stereocenters. The number of aromatic nitrogens is 2. The van der Waals surface area contributed by atoms with E-state index in [1.165, 1.54) is 5.56 Å². The molecule has 3 aromatic rings. The predicted molar refractivity (Wildman–Crippen MR) is 79.9 cm³/mol. The van der Waals surface area contributed by atoms with Crippen molar-refractivity contribution < 1.29 is 9.36 Å². The van der Waals surface area contributed by atoms with E-state index < -0.39 is 0 Å². The summed E-state index contributed by atoms with van der Waals surface area (Å²) >= 11 is 0. The topological polar surface area (TPSA) is 33.8 Å². The summed E-state index contributed by atoms with van der Waals surface area (Å²) in [5.41, 5.74) is 2.30. The summed E-state index contributed by atoms with van der Waals surface area (Å²) in [5.74, 6) is -0.0574. The lowest BCUT2D eigenvalue weighted by Gasteiger charge is -2.01. The molecule has 3 nitrogen and oxygen atoms in total. The van der Waals surface area contributed by atoms with Crippen LogP contribution in [-0.2, 0) is 6.54 Å². The molecule has 2 aromatic carbocycles. The molecule has 0 spiro atoms. The zero-order valence-corrected chi connectivity index (χ0v) is 11.5. The number of hydrogen-bond acceptors (Lipinski definition) is 2. The standard InChI is InChI=1S/C18H15N2O/c21-18(16-9-5-2-6-10-16)17-14-20(12-11-19-17)13-15-7-3-1-4-8-15/h1-12,14H,13H2/q+1. The molecule has 0 fully saturated rings. The van der Waals surface area contributed by atoms with Crippen molar-refractivity contribution in [3.8, 4) is 0 Å². The third kappa shape index (κ3) is 3.20. The average Bonchev–Trinajstić information content (AvgIpc) is 2.56. The van der Waals surface area contributed by atoms with Crippen molar-refractivity contribution in [3.63, 3.8) is 0 Å². The van der Waals surface area contributed by atoms with Crippen LogP contribution in [0.5, 0.6) is 0 Å². The first-order valence-corrected chi connectivity index (χ1v) is 6.82. The van der Waals surface area contributed by atoms with Crippen molar-refractivity contribution in [3.05, 3.63) is 96.1 Å². The van der Waals surface area contributed by atoms with Gasteiger partial charge in [-0.05, 0) is 0 Å². The Labute approximate surface area is 123 Å². The third-order valence-electron chi connectivity index (χ3n) is 3.24. The smallest absolute Gasteiger partial charge is 0.217 e. The quantitative estimate of drug-likeness (QED) is 0.542. The van der Waals surface area contributed by atoms with E-state index in [0.717, 1.165) is 6.54 Å². The molecule has 0 saturated heterocycles. The Bertz CT molecular complexity index is 739. The van der Waals surface area contributed by atoms with Crippen molar-refractivity contribution in [1.82, 2.24) is 4.98 Å². The summed E-state index contributed by atoms with van der Waals surface area (Å²) < 4.78 is 1.97. The highest BCUT2D eigenvalue weighted by atomic mass is 16.1. The summed E-state index contributed by atoms with van der Waals surface area (Å²) in [6.45, 7) is 0.721. The van der Waals surface area contributed by atoms with Crippen molar-refractivity contribution in [2.24, 2.45) is 0 Å². The van der Waals surface area contributed by atoms with Crippen molar-refractivity contribution >= 4 is 5.78 Å². The Hall–Kier alpha value is -2.81. The van der Waals surface area contributed by atoms with Gasteiger partial charge >= 0.3 is 0 Å². The van der Waals surface area contributed by atoms with Crippen LogP contribution in [0.15, 0.2) is 79.3 Å². The Kier molecular flexibility index (Phi) is 3.83. The Morgan fingerprint density at radius 3 is 2.33 bits per heavy atom. The van der Waals surface area contributed by atoms with Crippen LogP contribution in [0.1, 0.15) is 21.6 Å². The van der Waals surface area contributed by atoms with E-state index in [1.807, 2.05) is 47.2 Å². The molecule has 21 heavy (non-hydrogen) atoms. The van der Waals surface area contributed by atoms with Gasteiger partial charge in [-0.1, -0.05) is 60.7 Å². The second kappa shape index (κ2) is 6.09. The fourth-order valence-electron chi connectivity index (χ4n) is 2.18. The van der Waals surface area contributed by atoms with Gasteiger partial charge in [0.15, 0.2) is 24.6 Å². The lowest BCUT2D eigenvalue weighted by Crippen LogP contribution is -2.35. The minimum absolute atomic E-state index is 0.0574. The van der Waals surface area contributed by atoms with Crippen LogP contribution < -0.4 is 4.57 Å². The normalized spacial score (nSPS) is 10.3. The minimum Gasteiger partial charge on any atom is -0.287 e. The molecule has 3 heteroatoms. The van der Waals surface area contributed by atoms with Crippen molar-refractivity contribution in [2.75, 3.05) is 0 Å². The Morgan fingerprint density at radius 2 is 1.62 bits per heavy atom. The van der Waals surface area contributed by atoms with E-state index in [9.17, 15) is 4.79 Å². The molecule has 0 bridgehead atoms. The first kappa shape index (κ1) is 13.2. The third-order valence-corrected chi connectivity index (χ3v) is 3.24. The molecule has 1 aromatic heterocycles. The van der Waals surface area contributed by atoms with E-state index in [0.29, 0.717) is 11.3 Å². The number of carbonyl (C=O) groups excluding carboxylic acids is 1. The minimum atomic E-state index is -0.0574. The van der Waals surface area contributed by atoms with Crippen LogP contribution in [-0.4, -0.2) is 10.8 Å². The second-order valence-electron chi connectivity index (χ2n) is 4.79. The lowest BCUT2D eigenvalue weighted by atomic mass is 10.1. The van der Waals surface area contributed by atoms with Gasteiger partial charge in [0, 0.05) is 11.1 Å². The fourth-order valence-corrected chi connectivity index (χ4v) is 2.18. The molecule has 3 rings (SSSR count). The van der Waals surface area contributed by atoms with Crippen LogP contribution >= 0.6 is 0 Å². The summed E-state index contributed by atoms with van der Waals surface area (Å²) in [7, 11) is 0. The molecular formula is C18H15N2O+. The largest absolute Gasteiger partial charge is 0.287 e. The molecule has 102 valence electrons. The maximum Gasteiger partial charge on any atom is 0.217 e. The van der Waals surface area contributed by atoms with Gasteiger partial charge in [-0.2, -0.15) is 4.57 Å². The zero-order valence-electron chi connectivity index (χ0n) is 11.5. The number of benzene rings is 2. The zero-order chi connectivity index (χ0) is 14.5. The average molecular weight is 275 g/mol. The van der Waals surface area contributed by atoms with E-state index in [4.69, 9.17) is 0 Å². The molecule has 0 amide bonds. The van der Waals surface area contributed by atoms with E-state index in [1.54, 1.807) is 24.5 Å². The molecule has 0 aliphatic rings. The number of carbonyl (C=O) groups is 1. The molecule has 0 aliphatic heterocycles.